The number of likely N-dealkylation sites (tertiary alicyclic amines) is 1. The van der Waals surface area contributed by atoms with Crippen LogP contribution >= 0.6 is 0 Å². The first-order chi connectivity index (χ1) is 9.56. The highest BCUT2D eigenvalue weighted by Gasteiger charge is 2.24. The Morgan fingerprint density at radius 3 is 2.80 bits per heavy atom. The minimum Gasteiger partial charge on any atom is -0.326 e. The molecule has 20 heavy (non-hydrogen) atoms. The summed E-state index contributed by atoms with van der Waals surface area (Å²) in [6.45, 7) is 5.91. The van der Waals surface area contributed by atoms with E-state index in [1.807, 2.05) is 0 Å². The van der Waals surface area contributed by atoms with E-state index in [1.165, 1.54) is 0 Å². The monoisotopic (exact) mass is 297 g/mol. The van der Waals surface area contributed by atoms with Crippen molar-refractivity contribution >= 4 is 10.0 Å². The molecule has 2 rings (SSSR count). The van der Waals surface area contributed by atoms with Crippen molar-refractivity contribution in [2.45, 2.75) is 24.8 Å². The van der Waals surface area contributed by atoms with Crippen LogP contribution in [-0.4, -0.2) is 39.5 Å². The van der Waals surface area contributed by atoms with E-state index in [1.54, 1.807) is 24.3 Å². The van der Waals surface area contributed by atoms with Crippen molar-refractivity contribution in [2.75, 3.05) is 26.2 Å². The van der Waals surface area contributed by atoms with Crippen LogP contribution in [0.15, 0.2) is 29.2 Å². The standard InChI is InChI=1S/C14H23N3O2S/c1-2-17-8-7-12(11-17)10-16-20(18,19)14-6-4-3-5-13(14)9-15/h3-6,12,16H,2,7-11,15H2,1H3. The number of nitrogens with two attached hydrogens (primary N) is 1. The molecular weight excluding hydrogens is 274 g/mol. The van der Waals surface area contributed by atoms with Crippen LogP contribution in [0.25, 0.3) is 0 Å². The van der Waals surface area contributed by atoms with Crippen molar-refractivity contribution in [3.8, 4) is 0 Å². The fourth-order valence-electron chi connectivity index (χ4n) is 2.61. The highest BCUT2D eigenvalue weighted by Crippen LogP contribution is 2.18. The van der Waals surface area contributed by atoms with Gasteiger partial charge in [0, 0.05) is 19.6 Å². The molecule has 0 amide bonds. The number of sulfonamides is 1. The predicted molar refractivity (Wildman–Crippen MR) is 79.7 cm³/mol. The van der Waals surface area contributed by atoms with Crippen LogP contribution in [0, 0.1) is 5.92 Å². The molecule has 0 spiro atoms. The molecule has 1 atom stereocenters. The number of nitrogens with zero attached hydrogens (tertiary/aromatic N) is 1. The molecule has 112 valence electrons. The van der Waals surface area contributed by atoms with E-state index in [2.05, 4.69) is 16.5 Å². The minimum absolute atomic E-state index is 0.226. The molecule has 1 fully saturated rings. The first-order valence-electron chi connectivity index (χ1n) is 7.06. The van der Waals surface area contributed by atoms with Gasteiger partial charge in [-0.3, -0.25) is 0 Å². The molecule has 1 aromatic carbocycles. The second-order valence-corrected chi connectivity index (χ2v) is 6.95. The molecule has 0 radical (unpaired) electrons. The topological polar surface area (TPSA) is 75.4 Å². The molecule has 6 heteroatoms. The Morgan fingerprint density at radius 2 is 2.15 bits per heavy atom. The molecule has 1 unspecified atom stereocenters. The summed E-state index contributed by atoms with van der Waals surface area (Å²) in [5, 5.41) is 0. The lowest BCUT2D eigenvalue weighted by atomic mass is 10.1. The second kappa shape index (κ2) is 6.67. The van der Waals surface area contributed by atoms with Gasteiger partial charge in [-0.15, -0.1) is 0 Å². The third-order valence-electron chi connectivity index (χ3n) is 3.86. The molecule has 5 nitrogen and oxygen atoms in total. The number of hydrogen-bond acceptors (Lipinski definition) is 4. The largest absolute Gasteiger partial charge is 0.326 e. The van der Waals surface area contributed by atoms with E-state index < -0.39 is 10.0 Å². The molecule has 0 aliphatic carbocycles. The van der Waals surface area contributed by atoms with Gasteiger partial charge in [0.25, 0.3) is 0 Å². The zero-order valence-corrected chi connectivity index (χ0v) is 12.7. The number of nitrogens with one attached hydrogen (secondary N) is 1. The normalized spacial score (nSPS) is 20.4. The van der Waals surface area contributed by atoms with E-state index in [0.717, 1.165) is 26.1 Å². The van der Waals surface area contributed by atoms with Crippen molar-refractivity contribution in [3.63, 3.8) is 0 Å². The van der Waals surface area contributed by atoms with Gasteiger partial charge in [-0.1, -0.05) is 25.1 Å². The molecule has 3 N–H and O–H groups in total. The van der Waals surface area contributed by atoms with Crippen molar-refractivity contribution in [1.82, 2.24) is 9.62 Å². The van der Waals surface area contributed by atoms with Crippen LogP contribution in [0.2, 0.25) is 0 Å². The summed E-state index contributed by atoms with van der Waals surface area (Å²) in [5.41, 5.74) is 6.26. The van der Waals surface area contributed by atoms with Crippen LogP contribution in [0.3, 0.4) is 0 Å². The van der Waals surface area contributed by atoms with Crippen LogP contribution in [0.4, 0.5) is 0 Å². The van der Waals surface area contributed by atoms with Crippen molar-refractivity contribution in [1.29, 1.82) is 0 Å². The van der Waals surface area contributed by atoms with Crippen LogP contribution in [0.1, 0.15) is 18.9 Å². The van der Waals surface area contributed by atoms with E-state index in [-0.39, 0.29) is 6.54 Å². The SMILES string of the molecule is CCN1CCC(CNS(=O)(=O)c2ccccc2CN)C1. The first-order valence-corrected chi connectivity index (χ1v) is 8.55. The van der Waals surface area contributed by atoms with Gasteiger partial charge in [-0.2, -0.15) is 0 Å². The van der Waals surface area contributed by atoms with E-state index in [4.69, 9.17) is 5.73 Å². The molecule has 1 heterocycles. The molecule has 1 aromatic rings. The van der Waals surface area contributed by atoms with Crippen molar-refractivity contribution in [2.24, 2.45) is 11.7 Å². The fraction of sp³-hybridized carbons (Fsp3) is 0.571. The van der Waals surface area contributed by atoms with Gasteiger partial charge in [0.2, 0.25) is 10.0 Å². The zero-order valence-electron chi connectivity index (χ0n) is 11.9. The summed E-state index contributed by atoms with van der Waals surface area (Å²) in [6.07, 6.45) is 1.05. The van der Waals surface area contributed by atoms with Crippen LogP contribution in [0.5, 0.6) is 0 Å². The van der Waals surface area contributed by atoms with Crippen molar-refractivity contribution in [3.05, 3.63) is 29.8 Å². The van der Waals surface area contributed by atoms with E-state index in [9.17, 15) is 8.42 Å². The third kappa shape index (κ3) is 3.58. The third-order valence-corrected chi connectivity index (χ3v) is 5.39. The lowest BCUT2D eigenvalue weighted by molar-refractivity contribution is 0.342. The summed E-state index contributed by atoms with van der Waals surface area (Å²) in [7, 11) is -3.46. The Balaban J connectivity index is 2.01. The fourth-order valence-corrected chi connectivity index (χ4v) is 3.97. The molecule has 0 bridgehead atoms. The number of hydrogen-bond donors (Lipinski definition) is 2. The van der Waals surface area contributed by atoms with E-state index in [0.29, 0.717) is 22.9 Å². The second-order valence-electron chi connectivity index (χ2n) is 5.21. The van der Waals surface area contributed by atoms with Crippen LogP contribution < -0.4 is 10.5 Å². The summed E-state index contributed by atoms with van der Waals surface area (Å²) in [5.74, 6) is 0.398. The highest BCUT2D eigenvalue weighted by atomic mass is 32.2. The molecule has 1 aliphatic heterocycles. The predicted octanol–water partition coefficient (Wildman–Crippen LogP) is 0.765. The maximum absolute atomic E-state index is 12.3. The maximum atomic E-state index is 12.3. The number of rotatable bonds is 6. The molecule has 0 saturated carbocycles. The van der Waals surface area contributed by atoms with Gasteiger partial charge in [0.15, 0.2) is 0 Å². The quantitative estimate of drug-likeness (QED) is 0.813. The van der Waals surface area contributed by atoms with Gasteiger partial charge < -0.3 is 10.6 Å². The van der Waals surface area contributed by atoms with Gasteiger partial charge in [-0.25, -0.2) is 13.1 Å². The zero-order chi connectivity index (χ0) is 14.6. The maximum Gasteiger partial charge on any atom is 0.240 e. The molecule has 1 saturated heterocycles. The van der Waals surface area contributed by atoms with Crippen LogP contribution in [-0.2, 0) is 16.6 Å². The number of benzene rings is 1. The van der Waals surface area contributed by atoms with Gasteiger partial charge in [0.05, 0.1) is 4.90 Å². The lowest BCUT2D eigenvalue weighted by Gasteiger charge is -2.15. The lowest BCUT2D eigenvalue weighted by Crippen LogP contribution is -2.31. The van der Waals surface area contributed by atoms with E-state index >= 15 is 0 Å². The van der Waals surface area contributed by atoms with Gasteiger partial charge in [0.1, 0.15) is 0 Å². The molecular formula is C14H23N3O2S. The van der Waals surface area contributed by atoms with Gasteiger partial charge in [-0.05, 0) is 37.1 Å². The smallest absolute Gasteiger partial charge is 0.240 e. The Hall–Kier alpha value is -0.950. The summed E-state index contributed by atoms with van der Waals surface area (Å²) >= 11 is 0. The van der Waals surface area contributed by atoms with Crippen molar-refractivity contribution < 1.29 is 8.42 Å². The van der Waals surface area contributed by atoms with Gasteiger partial charge >= 0.3 is 0 Å². The molecule has 0 aromatic heterocycles. The first kappa shape index (κ1) is 15.4. The molecule has 1 aliphatic rings. The average Bonchev–Trinajstić information content (AvgIpc) is 2.93. The summed E-state index contributed by atoms with van der Waals surface area (Å²) in [4.78, 5) is 2.64. The Labute approximate surface area is 121 Å². The Morgan fingerprint density at radius 1 is 1.40 bits per heavy atom. The minimum atomic E-state index is -3.46. The summed E-state index contributed by atoms with van der Waals surface area (Å²) in [6, 6.07) is 6.89. The summed E-state index contributed by atoms with van der Waals surface area (Å²) < 4.78 is 27.4. The highest BCUT2D eigenvalue weighted by molar-refractivity contribution is 7.89. The Bertz CT molecular complexity index is 545. The average molecular weight is 297 g/mol. The Kier molecular flexibility index (Phi) is 5.15.